The van der Waals surface area contributed by atoms with Crippen LogP contribution >= 0.6 is 0 Å². The fraction of sp³-hybridized carbons (Fsp3) is 0.571. The second-order valence-corrected chi connectivity index (χ2v) is 2.48. The van der Waals surface area contributed by atoms with Crippen molar-refractivity contribution in [2.24, 2.45) is 0 Å². The highest BCUT2D eigenvalue weighted by Crippen LogP contribution is 1.88. The number of hydrogen-bond acceptors (Lipinski definition) is 5. The molecule has 1 rings (SSSR count). The summed E-state index contributed by atoms with van der Waals surface area (Å²) in [5.74, 6) is 0. The van der Waals surface area contributed by atoms with Crippen molar-refractivity contribution in [3.63, 3.8) is 0 Å². The molecule has 0 fully saturated rings. The lowest BCUT2D eigenvalue weighted by Crippen LogP contribution is -2.27. The monoisotopic (exact) mass is 168 g/mol. The van der Waals surface area contributed by atoms with E-state index in [0.29, 0.717) is 6.54 Å². The first kappa shape index (κ1) is 9.02. The molecule has 66 valence electrons. The number of nitrogens with one attached hydrogen (secondary N) is 1. The average Bonchev–Trinajstić information content (AvgIpc) is 2.05. The molecule has 12 heavy (non-hydrogen) atoms. The van der Waals surface area contributed by atoms with Gasteiger partial charge in [-0.3, -0.25) is 5.32 Å². The number of hydrogen-bond donors (Lipinski definition) is 2. The van der Waals surface area contributed by atoms with Gasteiger partial charge in [-0.2, -0.15) is 5.10 Å². The molecule has 1 atom stereocenters. The van der Waals surface area contributed by atoms with Gasteiger partial charge in [0.05, 0.1) is 11.9 Å². The number of aliphatic hydroxyl groups is 1. The van der Waals surface area contributed by atoms with Gasteiger partial charge in [-0.1, -0.05) is 0 Å². The number of aliphatic hydroxyl groups excluding tert-OH is 1. The van der Waals surface area contributed by atoms with Crippen molar-refractivity contribution >= 4 is 0 Å². The fourth-order valence-corrected chi connectivity index (χ4v) is 0.799. The van der Waals surface area contributed by atoms with Crippen molar-refractivity contribution in [2.75, 3.05) is 6.54 Å². The van der Waals surface area contributed by atoms with Crippen molar-refractivity contribution in [2.45, 2.75) is 19.6 Å². The van der Waals surface area contributed by atoms with E-state index in [1.807, 2.05) is 0 Å². The van der Waals surface area contributed by atoms with Crippen LogP contribution in [0.3, 0.4) is 0 Å². The van der Waals surface area contributed by atoms with Gasteiger partial charge in [-0.05, 0) is 6.92 Å². The van der Waals surface area contributed by atoms with Crippen molar-refractivity contribution in [1.82, 2.24) is 20.5 Å². The summed E-state index contributed by atoms with van der Waals surface area (Å²) in [6, 6.07) is 0. The molecular formula is C7H12N4O. The maximum Gasteiger partial charge on any atom is 0.138 e. The van der Waals surface area contributed by atoms with E-state index in [0.717, 1.165) is 12.1 Å². The molecule has 0 aliphatic rings. The molecule has 0 spiro atoms. The molecule has 2 N–H and O–H groups in total. The van der Waals surface area contributed by atoms with E-state index < -0.39 is 6.23 Å². The first-order chi connectivity index (χ1) is 5.79. The van der Waals surface area contributed by atoms with Crippen molar-refractivity contribution in [3.05, 3.63) is 18.2 Å². The second-order valence-electron chi connectivity index (χ2n) is 2.48. The van der Waals surface area contributed by atoms with Crippen LogP contribution in [-0.2, 0) is 6.42 Å². The molecule has 0 radical (unpaired) electrons. The predicted octanol–water partition coefficient (Wildman–Crippen LogP) is -0.658. The smallest absolute Gasteiger partial charge is 0.138 e. The van der Waals surface area contributed by atoms with Gasteiger partial charge in [-0.25, -0.2) is 4.98 Å². The van der Waals surface area contributed by atoms with Crippen molar-refractivity contribution in [1.29, 1.82) is 0 Å². The van der Waals surface area contributed by atoms with Crippen LogP contribution in [0.4, 0.5) is 0 Å². The molecule has 0 amide bonds. The van der Waals surface area contributed by atoms with Crippen LogP contribution in [0.5, 0.6) is 0 Å². The zero-order valence-electron chi connectivity index (χ0n) is 6.94. The van der Waals surface area contributed by atoms with Crippen LogP contribution in [0.25, 0.3) is 0 Å². The summed E-state index contributed by atoms with van der Waals surface area (Å²) in [6.07, 6.45) is 3.31. The van der Waals surface area contributed by atoms with Gasteiger partial charge in [0.1, 0.15) is 12.6 Å². The molecule has 1 heterocycles. The third kappa shape index (κ3) is 3.36. The Morgan fingerprint density at radius 1 is 1.67 bits per heavy atom. The zero-order chi connectivity index (χ0) is 8.81. The van der Waals surface area contributed by atoms with Crippen LogP contribution in [0, 0.1) is 0 Å². The Morgan fingerprint density at radius 3 is 3.08 bits per heavy atom. The van der Waals surface area contributed by atoms with Crippen LogP contribution in [-0.4, -0.2) is 33.1 Å². The molecule has 0 aromatic carbocycles. The summed E-state index contributed by atoms with van der Waals surface area (Å²) in [7, 11) is 0. The van der Waals surface area contributed by atoms with Gasteiger partial charge in [0, 0.05) is 13.0 Å². The Bertz CT molecular complexity index is 214. The van der Waals surface area contributed by atoms with E-state index in [2.05, 4.69) is 20.5 Å². The van der Waals surface area contributed by atoms with Gasteiger partial charge in [0.15, 0.2) is 0 Å². The summed E-state index contributed by atoms with van der Waals surface area (Å²) in [5, 5.41) is 19.2. The van der Waals surface area contributed by atoms with E-state index in [-0.39, 0.29) is 0 Å². The molecule has 1 aromatic heterocycles. The average molecular weight is 168 g/mol. The molecule has 0 aliphatic heterocycles. The van der Waals surface area contributed by atoms with E-state index in [1.165, 1.54) is 6.33 Å². The van der Waals surface area contributed by atoms with Gasteiger partial charge < -0.3 is 5.11 Å². The topological polar surface area (TPSA) is 70.9 Å². The molecule has 0 bridgehead atoms. The lowest BCUT2D eigenvalue weighted by Gasteiger charge is -2.05. The second kappa shape index (κ2) is 4.74. The van der Waals surface area contributed by atoms with Gasteiger partial charge in [-0.15, -0.1) is 5.10 Å². The Hall–Kier alpha value is -1.07. The van der Waals surface area contributed by atoms with Crippen LogP contribution < -0.4 is 5.32 Å². The summed E-state index contributed by atoms with van der Waals surface area (Å²) in [4.78, 5) is 3.82. The molecular weight excluding hydrogens is 156 g/mol. The van der Waals surface area contributed by atoms with Crippen molar-refractivity contribution < 1.29 is 5.11 Å². The molecule has 1 aromatic rings. The zero-order valence-corrected chi connectivity index (χ0v) is 6.94. The maximum atomic E-state index is 8.87. The quantitative estimate of drug-likeness (QED) is 0.584. The van der Waals surface area contributed by atoms with E-state index in [4.69, 9.17) is 5.11 Å². The lowest BCUT2D eigenvalue weighted by molar-refractivity contribution is 0.157. The summed E-state index contributed by atoms with van der Waals surface area (Å²) in [5.41, 5.74) is 0.825. The number of nitrogens with zero attached hydrogens (tertiary/aromatic N) is 3. The van der Waals surface area contributed by atoms with Crippen molar-refractivity contribution in [3.8, 4) is 0 Å². The van der Waals surface area contributed by atoms with Gasteiger partial charge in [0.2, 0.25) is 0 Å². The number of rotatable bonds is 4. The maximum absolute atomic E-state index is 8.87. The molecule has 5 nitrogen and oxygen atoms in total. The fourth-order valence-electron chi connectivity index (χ4n) is 0.799. The number of aromatic nitrogens is 3. The Morgan fingerprint density at radius 2 is 2.50 bits per heavy atom. The highest BCUT2D eigenvalue weighted by atomic mass is 16.3. The Labute approximate surface area is 70.9 Å². The highest BCUT2D eigenvalue weighted by Gasteiger charge is 1.96. The summed E-state index contributed by atoms with van der Waals surface area (Å²) < 4.78 is 0. The third-order valence-corrected chi connectivity index (χ3v) is 1.35. The molecule has 0 aliphatic carbocycles. The molecule has 1 unspecified atom stereocenters. The minimum atomic E-state index is -0.477. The SMILES string of the molecule is CC(O)NCCc1cncnn1. The summed E-state index contributed by atoms with van der Waals surface area (Å²) >= 11 is 0. The normalized spacial score (nSPS) is 12.8. The third-order valence-electron chi connectivity index (χ3n) is 1.35. The predicted molar refractivity (Wildman–Crippen MR) is 43.2 cm³/mol. The molecule has 0 saturated heterocycles. The summed E-state index contributed by atoms with van der Waals surface area (Å²) in [6.45, 7) is 2.35. The van der Waals surface area contributed by atoms with E-state index >= 15 is 0 Å². The minimum Gasteiger partial charge on any atom is -0.379 e. The van der Waals surface area contributed by atoms with Gasteiger partial charge >= 0.3 is 0 Å². The Balaban J connectivity index is 2.25. The van der Waals surface area contributed by atoms with Crippen LogP contribution in [0.15, 0.2) is 12.5 Å². The minimum absolute atomic E-state index is 0.477. The first-order valence-corrected chi connectivity index (χ1v) is 3.82. The standard InChI is InChI=1S/C7H12N4O/c1-6(12)9-3-2-7-4-8-5-10-11-7/h4-6,9,12H,2-3H2,1H3. The van der Waals surface area contributed by atoms with Crippen LogP contribution in [0.2, 0.25) is 0 Å². The Kier molecular flexibility index (Phi) is 3.56. The van der Waals surface area contributed by atoms with E-state index in [1.54, 1.807) is 13.1 Å². The van der Waals surface area contributed by atoms with Gasteiger partial charge in [0.25, 0.3) is 0 Å². The van der Waals surface area contributed by atoms with Crippen LogP contribution in [0.1, 0.15) is 12.6 Å². The first-order valence-electron chi connectivity index (χ1n) is 3.82. The highest BCUT2D eigenvalue weighted by molar-refractivity contribution is 4.91. The van der Waals surface area contributed by atoms with E-state index in [9.17, 15) is 0 Å². The molecule has 5 heteroatoms. The lowest BCUT2D eigenvalue weighted by atomic mass is 10.3. The largest absolute Gasteiger partial charge is 0.379 e. The molecule has 0 saturated carbocycles.